The Balaban J connectivity index is 4.51. The second-order valence-electron chi connectivity index (χ2n) is 18.1. The summed E-state index contributed by atoms with van der Waals surface area (Å²) in [6.07, 6.45) is 72.5. The first-order valence-corrected chi connectivity index (χ1v) is 27.7. The second-order valence-corrected chi connectivity index (χ2v) is 18.1. The van der Waals surface area contributed by atoms with Crippen LogP contribution in [0, 0.1) is 0 Å². The van der Waals surface area contributed by atoms with Crippen LogP contribution in [0.2, 0.25) is 0 Å². The van der Waals surface area contributed by atoms with E-state index in [-0.39, 0.29) is 37.5 Å². The smallest absolute Gasteiger partial charge is 0.306 e. The molecule has 0 aliphatic carbocycles. The molecule has 0 unspecified atom stereocenters. The van der Waals surface area contributed by atoms with Crippen molar-refractivity contribution in [3.8, 4) is 0 Å². The highest BCUT2D eigenvalue weighted by molar-refractivity contribution is 5.71. The number of unbranched alkanes of at least 4 members (excludes halogenated alkanes) is 22. The average Bonchev–Trinajstić information content (AvgIpc) is 3.33. The Morgan fingerprint density at radius 3 is 0.970 bits per heavy atom. The maximum absolute atomic E-state index is 12.8. The number of carbonyl (C=O) groups excluding carboxylic acids is 3. The minimum atomic E-state index is -0.810. The Labute approximate surface area is 413 Å². The summed E-state index contributed by atoms with van der Waals surface area (Å²) >= 11 is 0. The van der Waals surface area contributed by atoms with Crippen molar-refractivity contribution in [3.63, 3.8) is 0 Å². The summed E-state index contributed by atoms with van der Waals surface area (Å²) in [7, 11) is 0. The van der Waals surface area contributed by atoms with Crippen LogP contribution in [0.25, 0.3) is 0 Å². The van der Waals surface area contributed by atoms with Gasteiger partial charge in [-0.1, -0.05) is 227 Å². The molecule has 0 aromatic rings. The Morgan fingerprint density at radius 1 is 0.313 bits per heavy atom. The Hall–Kier alpha value is -3.67. The van der Waals surface area contributed by atoms with Gasteiger partial charge in [-0.3, -0.25) is 14.4 Å². The molecule has 67 heavy (non-hydrogen) atoms. The standard InChI is InChI=1S/C61H102O6/c1-4-7-10-13-16-19-22-25-28-29-30-31-34-37-40-43-46-49-52-55-61(64)67-58(56-65-59(62)53-50-47-44-41-38-35-32-26-23-20-17-14-11-8-5-2)57-66-60(63)54-51-48-45-42-39-36-33-27-24-21-18-15-12-9-6-3/h7,10,16-17,19-20,25-26,28,30-32,37-38,40-41,58H,4-6,8-9,11-15,18,21-24,27,29,33-36,39,42-57H2,1-3H3/b10-7-,19-16-,20-17-,28-25-,31-30-,32-26-,40-37-,41-38-/t58-/m1/s1. The fourth-order valence-electron chi connectivity index (χ4n) is 7.42. The molecule has 0 aliphatic heterocycles. The lowest BCUT2D eigenvalue weighted by atomic mass is 10.0. The van der Waals surface area contributed by atoms with Crippen LogP contribution in [0.3, 0.4) is 0 Å². The van der Waals surface area contributed by atoms with Crippen LogP contribution in [0.4, 0.5) is 0 Å². The molecule has 0 aliphatic rings. The number of hydrogen-bond donors (Lipinski definition) is 0. The SMILES string of the molecule is CC/C=C\C/C=C\C/C=C\C/C=C\C/C=C\CCCCCC(=O)O[C@H](COC(=O)CCCC/C=C\C/C=C\C/C=C\CCCCC)COC(=O)CCCCCCCCCCCCCCCCC. The molecule has 0 amide bonds. The highest BCUT2D eigenvalue weighted by atomic mass is 16.6. The quantitative estimate of drug-likeness (QED) is 0.0262. The van der Waals surface area contributed by atoms with Crippen molar-refractivity contribution in [2.75, 3.05) is 13.2 Å². The highest BCUT2D eigenvalue weighted by Crippen LogP contribution is 2.15. The van der Waals surface area contributed by atoms with Gasteiger partial charge >= 0.3 is 17.9 Å². The van der Waals surface area contributed by atoms with Gasteiger partial charge in [0.1, 0.15) is 13.2 Å². The number of rotatable bonds is 49. The number of carbonyl (C=O) groups is 3. The zero-order valence-corrected chi connectivity index (χ0v) is 43.6. The van der Waals surface area contributed by atoms with Crippen LogP contribution in [0.1, 0.15) is 252 Å². The molecule has 382 valence electrons. The molecular weight excluding hydrogens is 829 g/mol. The maximum Gasteiger partial charge on any atom is 0.306 e. The van der Waals surface area contributed by atoms with Crippen LogP contribution in [-0.4, -0.2) is 37.2 Å². The van der Waals surface area contributed by atoms with E-state index >= 15 is 0 Å². The highest BCUT2D eigenvalue weighted by Gasteiger charge is 2.19. The first kappa shape index (κ1) is 63.3. The fraction of sp³-hybridized carbons (Fsp3) is 0.689. The average molecular weight is 931 g/mol. The number of ether oxygens (including phenoxy) is 3. The molecule has 6 heteroatoms. The van der Waals surface area contributed by atoms with Crippen molar-refractivity contribution in [2.24, 2.45) is 0 Å². The second kappa shape index (κ2) is 54.9. The van der Waals surface area contributed by atoms with E-state index in [0.717, 1.165) is 109 Å². The van der Waals surface area contributed by atoms with Gasteiger partial charge in [0.25, 0.3) is 0 Å². The van der Waals surface area contributed by atoms with Gasteiger partial charge in [0.05, 0.1) is 0 Å². The van der Waals surface area contributed by atoms with E-state index in [0.29, 0.717) is 12.8 Å². The van der Waals surface area contributed by atoms with E-state index in [4.69, 9.17) is 14.2 Å². The molecule has 0 aromatic heterocycles. The van der Waals surface area contributed by atoms with E-state index in [1.165, 1.54) is 103 Å². The van der Waals surface area contributed by atoms with Gasteiger partial charge in [-0.2, -0.15) is 0 Å². The summed E-state index contributed by atoms with van der Waals surface area (Å²) in [6.45, 7) is 6.44. The molecule has 0 saturated carbocycles. The zero-order valence-electron chi connectivity index (χ0n) is 43.6. The molecule has 0 fully saturated rings. The fourth-order valence-corrected chi connectivity index (χ4v) is 7.42. The van der Waals surface area contributed by atoms with Crippen LogP contribution in [0.15, 0.2) is 97.2 Å². The lowest BCUT2D eigenvalue weighted by molar-refractivity contribution is -0.167. The molecule has 0 bridgehead atoms. The van der Waals surface area contributed by atoms with Gasteiger partial charge < -0.3 is 14.2 Å². The zero-order chi connectivity index (χ0) is 48.6. The van der Waals surface area contributed by atoms with Gasteiger partial charge in [-0.05, 0) is 103 Å². The van der Waals surface area contributed by atoms with E-state index in [1.807, 2.05) is 0 Å². The minimum Gasteiger partial charge on any atom is -0.462 e. The van der Waals surface area contributed by atoms with Crippen molar-refractivity contribution in [3.05, 3.63) is 97.2 Å². The van der Waals surface area contributed by atoms with Gasteiger partial charge in [0.15, 0.2) is 6.10 Å². The van der Waals surface area contributed by atoms with Crippen LogP contribution in [-0.2, 0) is 28.6 Å². The Morgan fingerprint density at radius 2 is 0.582 bits per heavy atom. The van der Waals surface area contributed by atoms with Crippen molar-refractivity contribution in [1.29, 1.82) is 0 Å². The van der Waals surface area contributed by atoms with E-state index in [9.17, 15) is 14.4 Å². The number of hydrogen-bond acceptors (Lipinski definition) is 6. The molecule has 0 saturated heterocycles. The van der Waals surface area contributed by atoms with Gasteiger partial charge in [-0.15, -0.1) is 0 Å². The molecule has 0 spiro atoms. The van der Waals surface area contributed by atoms with Crippen molar-refractivity contribution < 1.29 is 28.6 Å². The largest absolute Gasteiger partial charge is 0.462 e. The summed E-state index contributed by atoms with van der Waals surface area (Å²) in [5.74, 6) is -0.972. The third-order valence-electron chi connectivity index (χ3n) is 11.6. The van der Waals surface area contributed by atoms with E-state index in [1.54, 1.807) is 0 Å². The third-order valence-corrected chi connectivity index (χ3v) is 11.6. The van der Waals surface area contributed by atoms with Gasteiger partial charge in [0.2, 0.25) is 0 Å². The number of allylic oxidation sites excluding steroid dienone is 16. The van der Waals surface area contributed by atoms with E-state index in [2.05, 4.69) is 118 Å². The lowest BCUT2D eigenvalue weighted by Gasteiger charge is -2.18. The molecule has 6 nitrogen and oxygen atoms in total. The Bertz CT molecular complexity index is 1350. The molecule has 0 heterocycles. The molecule has 0 N–H and O–H groups in total. The number of esters is 3. The van der Waals surface area contributed by atoms with E-state index < -0.39 is 6.10 Å². The van der Waals surface area contributed by atoms with Gasteiger partial charge in [0, 0.05) is 19.3 Å². The third kappa shape index (κ3) is 53.2. The predicted molar refractivity (Wildman–Crippen MR) is 288 cm³/mol. The Kier molecular flexibility index (Phi) is 51.9. The molecular formula is C61H102O6. The summed E-state index contributed by atoms with van der Waals surface area (Å²) in [5.41, 5.74) is 0. The van der Waals surface area contributed by atoms with Crippen molar-refractivity contribution in [1.82, 2.24) is 0 Å². The lowest BCUT2D eigenvalue weighted by Crippen LogP contribution is -2.30. The van der Waals surface area contributed by atoms with Crippen molar-refractivity contribution >= 4 is 17.9 Å². The first-order valence-electron chi connectivity index (χ1n) is 27.7. The monoisotopic (exact) mass is 931 g/mol. The van der Waals surface area contributed by atoms with Gasteiger partial charge in [-0.25, -0.2) is 0 Å². The summed E-state index contributed by atoms with van der Waals surface area (Å²) in [5, 5.41) is 0. The molecule has 0 radical (unpaired) electrons. The minimum absolute atomic E-state index is 0.102. The maximum atomic E-state index is 12.8. The van der Waals surface area contributed by atoms with Crippen molar-refractivity contribution in [2.45, 2.75) is 258 Å². The summed E-state index contributed by atoms with van der Waals surface area (Å²) < 4.78 is 16.8. The summed E-state index contributed by atoms with van der Waals surface area (Å²) in [6, 6.07) is 0. The normalized spacial score (nSPS) is 12.8. The van der Waals surface area contributed by atoms with Crippen LogP contribution in [0.5, 0.6) is 0 Å². The predicted octanol–water partition coefficient (Wildman–Crippen LogP) is 18.5. The first-order chi connectivity index (χ1) is 33.0. The molecule has 0 aromatic carbocycles. The molecule has 0 rings (SSSR count). The summed E-state index contributed by atoms with van der Waals surface area (Å²) in [4.78, 5) is 38.1. The van der Waals surface area contributed by atoms with Crippen LogP contribution < -0.4 is 0 Å². The topological polar surface area (TPSA) is 78.9 Å². The molecule has 1 atom stereocenters. The van der Waals surface area contributed by atoms with Crippen LogP contribution >= 0.6 is 0 Å².